The molecule has 9 nitrogen and oxygen atoms in total. The van der Waals surface area contributed by atoms with Gasteiger partial charge in [-0.15, -0.1) is 0 Å². The third-order valence-corrected chi connectivity index (χ3v) is 7.46. The number of methoxy groups -OCH3 is 2. The molecule has 0 amide bonds. The van der Waals surface area contributed by atoms with E-state index in [0.29, 0.717) is 46.2 Å². The Morgan fingerprint density at radius 1 is 0.875 bits per heavy atom. The highest BCUT2D eigenvalue weighted by Gasteiger charge is 2.36. The van der Waals surface area contributed by atoms with Crippen LogP contribution in [0.1, 0.15) is 35.4 Å². The molecule has 2 aliphatic heterocycles. The van der Waals surface area contributed by atoms with Gasteiger partial charge in [0.2, 0.25) is 0 Å². The van der Waals surface area contributed by atoms with Crippen LogP contribution in [0.3, 0.4) is 0 Å². The Labute approximate surface area is 239 Å². The molecule has 0 spiro atoms. The molecule has 3 atom stereocenters. The van der Waals surface area contributed by atoms with Crippen LogP contribution in [0.15, 0.2) is 42.5 Å². The fraction of sp³-hybridized carbons (Fsp3) is 0.613. The molecule has 40 heavy (non-hydrogen) atoms. The van der Waals surface area contributed by atoms with Gasteiger partial charge in [-0.05, 0) is 48.2 Å². The summed E-state index contributed by atoms with van der Waals surface area (Å²) in [4.78, 5) is 2.38. The minimum absolute atomic E-state index is 0.00214. The van der Waals surface area contributed by atoms with Crippen molar-refractivity contribution in [2.24, 2.45) is 5.73 Å². The number of benzene rings is 2. The number of fused-ring (bicyclic) bond motifs is 1. The molecule has 2 aromatic carbocycles. The SMILES string of the molecule is COCCCN1CCOc2ccc(CO[C@H]3CNC[C@@H](OCCCN)[C@@H]3c3ccc(COCCOC)cc3)cc21. The van der Waals surface area contributed by atoms with Crippen molar-refractivity contribution in [3.63, 3.8) is 0 Å². The summed E-state index contributed by atoms with van der Waals surface area (Å²) in [5, 5.41) is 3.53. The van der Waals surface area contributed by atoms with E-state index in [4.69, 9.17) is 34.2 Å². The summed E-state index contributed by atoms with van der Waals surface area (Å²) in [7, 11) is 3.43. The Kier molecular flexibility index (Phi) is 13.0. The number of piperidine rings is 1. The van der Waals surface area contributed by atoms with Gasteiger partial charge in [0.25, 0.3) is 0 Å². The van der Waals surface area contributed by atoms with Crippen LogP contribution >= 0.6 is 0 Å². The third kappa shape index (κ3) is 8.88. The molecular formula is C31H47N3O6. The van der Waals surface area contributed by atoms with Crippen molar-refractivity contribution >= 4 is 5.69 Å². The Morgan fingerprint density at radius 2 is 1.65 bits per heavy atom. The molecule has 4 rings (SSSR count). The number of rotatable bonds is 17. The van der Waals surface area contributed by atoms with Crippen molar-refractivity contribution < 1.29 is 28.4 Å². The van der Waals surface area contributed by atoms with Crippen molar-refractivity contribution in [3.05, 3.63) is 59.2 Å². The highest BCUT2D eigenvalue weighted by Crippen LogP contribution is 2.34. The number of hydrogen-bond acceptors (Lipinski definition) is 9. The van der Waals surface area contributed by atoms with Gasteiger partial charge in [0.1, 0.15) is 12.4 Å². The van der Waals surface area contributed by atoms with Gasteiger partial charge in [-0.1, -0.05) is 30.3 Å². The third-order valence-electron chi connectivity index (χ3n) is 7.46. The Balaban J connectivity index is 1.44. The zero-order chi connectivity index (χ0) is 28.0. The van der Waals surface area contributed by atoms with Crippen LogP contribution in [0.4, 0.5) is 5.69 Å². The first-order chi connectivity index (χ1) is 19.7. The summed E-state index contributed by atoms with van der Waals surface area (Å²) in [6, 6.07) is 15.0. The molecule has 0 radical (unpaired) electrons. The van der Waals surface area contributed by atoms with Gasteiger partial charge >= 0.3 is 0 Å². The molecule has 1 saturated heterocycles. The van der Waals surface area contributed by atoms with E-state index in [1.54, 1.807) is 14.2 Å². The minimum Gasteiger partial charge on any atom is -0.490 e. The highest BCUT2D eigenvalue weighted by atomic mass is 16.5. The van der Waals surface area contributed by atoms with E-state index in [0.717, 1.165) is 68.2 Å². The molecule has 0 saturated carbocycles. The van der Waals surface area contributed by atoms with E-state index in [-0.39, 0.29) is 18.1 Å². The maximum absolute atomic E-state index is 6.63. The molecule has 222 valence electrons. The van der Waals surface area contributed by atoms with Crippen LogP contribution in [0, 0.1) is 0 Å². The fourth-order valence-electron chi connectivity index (χ4n) is 5.35. The summed E-state index contributed by atoms with van der Waals surface area (Å²) in [5.41, 5.74) is 10.4. The first-order valence-electron chi connectivity index (χ1n) is 14.5. The van der Waals surface area contributed by atoms with E-state index in [1.165, 1.54) is 5.56 Å². The van der Waals surface area contributed by atoms with Crippen molar-refractivity contribution in [2.75, 3.05) is 84.9 Å². The van der Waals surface area contributed by atoms with Crippen LogP contribution in [0.2, 0.25) is 0 Å². The number of nitrogens with zero attached hydrogens (tertiary/aromatic N) is 1. The molecule has 9 heteroatoms. The maximum Gasteiger partial charge on any atom is 0.142 e. The van der Waals surface area contributed by atoms with E-state index < -0.39 is 0 Å². The smallest absolute Gasteiger partial charge is 0.142 e. The van der Waals surface area contributed by atoms with Gasteiger partial charge in [0, 0.05) is 53.0 Å². The number of ether oxygens (including phenoxy) is 6. The second kappa shape index (κ2) is 16.9. The van der Waals surface area contributed by atoms with Crippen molar-refractivity contribution in [1.82, 2.24) is 5.32 Å². The summed E-state index contributed by atoms with van der Waals surface area (Å²) < 4.78 is 34.9. The van der Waals surface area contributed by atoms with Crippen molar-refractivity contribution in [3.8, 4) is 5.75 Å². The van der Waals surface area contributed by atoms with Gasteiger partial charge in [0.15, 0.2) is 0 Å². The quantitative estimate of drug-likeness (QED) is 0.285. The fourth-order valence-corrected chi connectivity index (χ4v) is 5.35. The van der Waals surface area contributed by atoms with Crippen LogP contribution in [0.5, 0.6) is 5.75 Å². The molecule has 2 aromatic rings. The lowest BCUT2D eigenvalue weighted by Crippen LogP contribution is -2.50. The largest absolute Gasteiger partial charge is 0.490 e. The van der Waals surface area contributed by atoms with Crippen molar-refractivity contribution in [2.45, 2.75) is 44.2 Å². The van der Waals surface area contributed by atoms with E-state index in [2.05, 4.69) is 52.7 Å². The molecule has 2 heterocycles. The van der Waals surface area contributed by atoms with Gasteiger partial charge < -0.3 is 44.4 Å². The lowest BCUT2D eigenvalue weighted by Gasteiger charge is -2.39. The zero-order valence-electron chi connectivity index (χ0n) is 24.1. The maximum atomic E-state index is 6.63. The molecule has 0 unspecified atom stereocenters. The second-order valence-electron chi connectivity index (χ2n) is 10.4. The van der Waals surface area contributed by atoms with Crippen molar-refractivity contribution in [1.29, 1.82) is 0 Å². The number of nitrogens with two attached hydrogens (primary N) is 1. The molecule has 3 N–H and O–H groups in total. The van der Waals surface area contributed by atoms with Crippen LogP contribution in [-0.4, -0.2) is 92.2 Å². The summed E-state index contributed by atoms with van der Waals surface area (Å²) in [6.45, 7) is 8.34. The van der Waals surface area contributed by atoms with Gasteiger partial charge in [0.05, 0.1) is 50.9 Å². The van der Waals surface area contributed by atoms with Crippen LogP contribution in [0.25, 0.3) is 0 Å². The highest BCUT2D eigenvalue weighted by molar-refractivity contribution is 5.61. The Bertz CT molecular complexity index is 992. The normalized spacial score (nSPS) is 20.8. The summed E-state index contributed by atoms with van der Waals surface area (Å²) >= 11 is 0. The Morgan fingerprint density at radius 3 is 2.42 bits per heavy atom. The minimum atomic E-state index is -0.0366. The predicted molar refractivity (Wildman–Crippen MR) is 156 cm³/mol. The summed E-state index contributed by atoms with van der Waals surface area (Å²) in [5.74, 6) is 1.04. The topological polar surface area (TPSA) is 96.7 Å². The number of anilines is 1. The van der Waals surface area contributed by atoms with Gasteiger partial charge in [-0.3, -0.25) is 0 Å². The van der Waals surface area contributed by atoms with Gasteiger partial charge in [-0.25, -0.2) is 0 Å². The standard InChI is InChI=1S/C31H47N3O6/c1-35-14-4-12-34-13-16-39-28-10-7-25(19-27(28)34)23-40-30-21-33-20-29(38-15-3-11-32)31(30)26-8-5-24(6-9-26)22-37-18-17-36-2/h5-10,19,29-31,33H,3-4,11-18,20-23,32H2,1-2H3/t29-,30+,31+/m1/s1. The summed E-state index contributed by atoms with van der Waals surface area (Å²) in [6.07, 6.45) is 1.79. The van der Waals surface area contributed by atoms with E-state index in [9.17, 15) is 0 Å². The van der Waals surface area contributed by atoms with E-state index in [1.807, 2.05) is 0 Å². The monoisotopic (exact) mass is 557 g/mol. The first-order valence-corrected chi connectivity index (χ1v) is 14.5. The lowest BCUT2D eigenvalue weighted by atomic mass is 9.85. The average Bonchev–Trinajstić information content (AvgIpc) is 2.99. The number of nitrogens with one attached hydrogen (secondary N) is 1. The second-order valence-corrected chi connectivity index (χ2v) is 10.4. The predicted octanol–water partition coefficient (Wildman–Crippen LogP) is 3.09. The molecule has 0 bridgehead atoms. The average molecular weight is 558 g/mol. The molecule has 2 aliphatic rings. The number of hydrogen-bond donors (Lipinski definition) is 2. The molecule has 0 aliphatic carbocycles. The van der Waals surface area contributed by atoms with Crippen LogP contribution < -0.4 is 20.7 Å². The van der Waals surface area contributed by atoms with Crippen LogP contribution in [-0.2, 0) is 36.9 Å². The lowest BCUT2D eigenvalue weighted by molar-refractivity contribution is -0.0599. The van der Waals surface area contributed by atoms with Gasteiger partial charge in [-0.2, -0.15) is 0 Å². The molecular weight excluding hydrogens is 510 g/mol. The first kappa shape index (κ1) is 30.7. The molecule has 1 fully saturated rings. The molecule has 0 aromatic heterocycles. The Hall–Kier alpha value is -2.24. The zero-order valence-corrected chi connectivity index (χ0v) is 24.1. The van der Waals surface area contributed by atoms with E-state index >= 15 is 0 Å².